The van der Waals surface area contributed by atoms with Crippen LogP contribution in [0.15, 0.2) is 24.3 Å². The Balaban J connectivity index is 2.56. The third-order valence-corrected chi connectivity index (χ3v) is 5.89. The monoisotopic (exact) mass is 432 g/mol. The van der Waals surface area contributed by atoms with Crippen molar-refractivity contribution in [1.29, 1.82) is 0 Å². The minimum atomic E-state index is -0.872. The van der Waals surface area contributed by atoms with Crippen LogP contribution in [0.5, 0.6) is 0 Å². The highest BCUT2D eigenvalue weighted by molar-refractivity contribution is 6.02. The topological polar surface area (TPSA) is 92.8 Å². The number of hydrogen-bond donors (Lipinski definition) is 1. The number of nitrogens with zero attached hydrogens (tertiary/aromatic N) is 1. The highest BCUT2D eigenvalue weighted by Crippen LogP contribution is 2.50. The molecule has 2 aliphatic rings. The number of ether oxygens (including phenoxy) is 1. The SMILES string of the molecule is CCOC(=O)CC1C(=O)N(C(C(=O)NC(C)(C)C)C(C)(C)C)C(C)C12C=CC(=O)C=C2. The summed E-state index contributed by atoms with van der Waals surface area (Å²) in [5, 5.41) is 3.00. The first-order valence-electron chi connectivity index (χ1n) is 10.9. The fraction of sp³-hybridized carbons (Fsp3) is 0.667. The molecule has 1 heterocycles. The number of carbonyl (C=O) groups is 4. The number of rotatable bonds is 5. The lowest BCUT2D eigenvalue weighted by Gasteiger charge is -2.42. The van der Waals surface area contributed by atoms with Gasteiger partial charge in [0.25, 0.3) is 0 Å². The zero-order valence-corrected chi connectivity index (χ0v) is 19.9. The van der Waals surface area contributed by atoms with Crippen molar-refractivity contribution < 1.29 is 23.9 Å². The second kappa shape index (κ2) is 8.60. The summed E-state index contributed by atoms with van der Waals surface area (Å²) in [6, 6.07) is -1.19. The second-order valence-corrected chi connectivity index (χ2v) is 10.6. The van der Waals surface area contributed by atoms with Gasteiger partial charge in [-0.25, -0.2) is 0 Å². The summed E-state index contributed by atoms with van der Waals surface area (Å²) < 4.78 is 5.11. The zero-order chi connectivity index (χ0) is 23.8. The number of likely N-dealkylation sites (tertiary alicyclic amines) is 1. The van der Waals surface area contributed by atoms with E-state index in [2.05, 4.69) is 5.32 Å². The van der Waals surface area contributed by atoms with Crippen LogP contribution >= 0.6 is 0 Å². The lowest BCUT2D eigenvalue weighted by Crippen LogP contribution is -2.59. The van der Waals surface area contributed by atoms with E-state index in [9.17, 15) is 19.2 Å². The van der Waals surface area contributed by atoms with Crippen LogP contribution in [0.2, 0.25) is 0 Å². The number of ketones is 1. The number of nitrogens with one attached hydrogen (secondary N) is 1. The zero-order valence-electron chi connectivity index (χ0n) is 19.9. The third kappa shape index (κ3) is 5.08. The predicted octanol–water partition coefficient (Wildman–Crippen LogP) is 2.80. The van der Waals surface area contributed by atoms with Gasteiger partial charge in [0.05, 0.1) is 18.9 Å². The Hall–Kier alpha value is -2.44. The molecule has 7 nitrogen and oxygen atoms in total. The fourth-order valence-corrected chi connectivity index (χ4v) is 4.57. The first-order chi connectivity index (χ1) is 14.1. The van der Waals surface area contributed by atoms with E-state index in [1.165, 1.54) is 12.2 Å². The van der Waals surface area contributed by atoms with Crippen LogP contribution in [0.3, 0.4) is 0 Å². The lowest BCUT2D eigenvalue weighted by atomic mass is 9.69. The third-order valence-electron chi connectivity index (χ3n) is 5.89. The molecule has 0 aromatic carbocycles. The molecule has 172 valence electrons. The Morgan fingerprint density at radius 1 is 1.13 bits per heavy atom. The van der Waals surface area contributed by atoms with Crippen LogP contribution < -0.4 is 5.32 Å². The summed E-state index contributed by atoms with van der Waals surface area (Å²) in [6.07, 6.45) is 6.18. The van der Waals surface area contributed by atoms with Crippen molar-refractivity contribution >= 4 is 23.6 Å². The molecular weight excluding hydrogens is 396 g/mol. The van der Waals surface area contributed by atoms with Crippen molar-refractivity contribution in [2.24, 2.45) is 16.7 Å². The van der Waals surface area contributed by atoms with E-state index in [0.717, 1.165) is 0 Å². The van der Waals surface area contributed by atoms with Gasteiger partial charge in [-0.2, -0.15) is 0 Å². The second-order valence-electron chi connectivity index (χ2n) is 10.6. The van der Waals surface area contributed by atoms with Crippen LogP contribution in [0.4, 0.5) is 0 Å². The van der Waals surface area contributed by atoms with Crippen LogP contribution in [-0.4, -0.2) is 52.7 Å². The number of esters is 1. The Morgan fingerprint density at radius 3 is 2.13 bits per heavy atom. The summed E-state index contributed by atoms with van der Waals surface area (Å²) >= 11 is 0. The Labute approximate surface area is 185 Å². The molecule has 0 saturated carbocycles. The predicted molar refractivity (Wildman–Crippen MR) is 118 cm³/mol. The van der Waals surface area contributed by atoms with Crippen LogP contribution in [0.25, 0.3) is 0 Å². The molecule has 3 unspecified atom stereocenters. The first kappa shape index (κ1) is 24.8. The number of hydrogen-bond acceptors (Lipinski definition) is 5. The quantitative estimate of drug-likeness (QED) is 0.675. The fourth-order valence-electron chi connectivity index (χ4n) is 4.57. The molecule has 1 spiro atoms. The van der Waals surface area contributed by atoms with Crippen molar-refractivity contribution in [3.8, 4) is 0 Å². The maximum Gasteiger partial charge on any atom is 0.306 e. The summed E-state index contributed by atoms with van der Waals surface area (Å²) in [4.78, 5) is 52.9. The number of carbonyl (C=O) groups excluding carboxylic acids is 4. The van der Waals surface area contributed by atoms with E-state index < -0.39 is 40.3 Å². The maximum atomic E-state index is 13.8. The summed E-state index contributed by atoms with van der Waals surface area (Å²) in [5.74, 6) is -1.93. The van der Waals surface area contributed by atoms with Crippen LogP contribution in [0.1, 0.15) is 61.8 Å². The molecule has 3 atom stereocenters. The summed E-state index contributed by atoms with van der Waals surface area (Å²) in [5.41, 5.74) is -1.90. The van der Waals surface area contributed by atoms with Gasteiger partial charge in [0.15, 0.2) is 5.78 Å². The normalized spacial score (nSPS) is 23.9. The summed E-state index contributed by atoms with van der Waals surface area (Å²) in [7, 11) is 0. The van der Waals surface area contributed by atoms with E-state index in [-0.39, 0.29) is 30.6 Å². The highest BCUT2D eigenvalue weighted by atomic mass is 16.5. The van der Waals surface area contributed by atoms with Gasteiger partial charge in [-0.15, -0.1) is 0 Å². The molecule has 1 aliphatic heterocycles. The minimum Gasteiger partial charge on any atom is -0.466 e. The molecule has 1 saturated heterocycles. The van der Waals surface area contributed by atoms with Gasteiger partial charge in [-0.05, 0) is 52.2 Å². The number of amides is 2. The molecule has 2 amide bonds. The molecule has 2 rings (SSSR count). The van der Waals surface area contributed by atoms with Gasteiger partial charge in [0.1, 0.15) is 6.04 Å². The van der Waals surface area contributed by atoms with Crippen LogP contribution in [-0.2, 0) is 23.9 Å². The van der Waals surface area contributed by atoms with Gasteiger partial charge < -0.3 is 15.0 Å². The molecule has 1 aliphatic carbocycles. The smallest absolute Gasteiger partial charge is 0.306 e. The molecule has 0 aromatic heterocycles. The average Bonchev–Trinajstić information content (AvgIpc) is 2.78. The van der Waals surface area contributed by atoms with E-state index in [1.807, 2.05) is 48.5 Å². The molecule has 0 radical (unpaired) electrons. The van der Waals surface area contributed by atoms with Gasteiger partial charge in [0.2, 0.25) is 11.8 Å². The Bertz CT molecular complexity index is 797. The van der Waals surface area contributed by atoms with Crippen LogP contribution in [0, 0.1) is 16.7 Å². The average molecular weight is 433 g/mol. The molecule has 1 N–H and O–H groups in total. The van der Waals surface area contributed by atoms with Crippen molar-refractivity contribution in [3.05, 3.63) is 24.3 Å². The Morgan fingerprint density at radius 2 is 1.68 bits per heavy atom. The van der Waals surface area contributed by atoms with Gasteiger partial charge in [0, 0.05) is 17.0 Å². The van der Waals surface area contributed by atoms with Crippen molar-refractivity contribution in [2.75, 3.05) is 6.61 Å². The van der Waals surface area contributed by atoms with Crippen molar-refractivity contribution in [2.45, 2.75) is 79.4 Å². The largest absolute Gasteiger partial charge is 0.466 e. The minimum absolute atomic E-state index is 0.117. The van der Waals surface area contributed by atoms with E-state index in [1.54, 1.807) is 24.0 Å². The van der Waals surface area contributed by atoms with Crippen molar-refractivity contribution in [3.63, 3.8) is 0 Å². The first-order valence-corrected chi connectivity index (χ1v) is 10.9. The molecule has 31 heavy (non-hydrogen) atoms. The van der Waals surface area contributed by atoms with Gasteiger partial charge in [-0.3, -0.25) is 19.2 Å². The molecule has 7 heteroatoms. The molecule has 1 fully saturated rings. The molecular formula is C24H36N2O5. The molecule has 0 bridgehead atoms. The van der Waals surface area contributed by atoms with Gasteiger partial charge in [-0.1, -0.05) is 32.9 Å². The number of allylic oxidation sites excluding steroid dienone is 2. The van der Waals surface area contributed by atoms with Crippen molar-refractivity contribution in [1.82, 2.24) is 10.2 Å². The lowest BCUT2D eigenvalue weighted by molar-refractivity contribution is -0.149. The van der Waals surface area contributed by atoms with Gasteiger partial charge >= 0.3 is 5.97 Å². The van der Waals surface area contributed by atoms with E-state index in [4.69, 9.17) is 4.74 Å². The van der Waals surface area contributed by atoms with E-state index in [0.29, 0.717) is 0 Å². The standard InChI is InChI=1S/C24H36N2O5/c1-9-31-18(28)14-17-21(30)26(15(2)24(17)12-10-16(27)11-13-24)19(22(3,4)5)20(29)25-23(6,7)8/h10-13,15,17,19H,9,14H2,1-8H3,(H,25,29). The summed E-state index contributed by atoms with van der Waals surface area (Å²) in [6.45, 7) is 15.2. The van der Waals surface area contributed by atoms with E-state index >= 15 is 0 Å². The maximum absolute atomic E-state index is 13.8. The highest BCUT2D eigenvalue weighted by Gasteiger charge is 2.59. The Kier molecular flexibility index (Phi) is 6.88. The molecule has 0 aromatic rings.